The Labute approximate surface area is 153 Å². The molecule has 0 bridgehead atoms. The number of hydrogen-bond donors (Lipinski definition) is 1. The van der Waals surface area contributed by atoms with E-state index in [0.717, 1.165) is 11.3 Å². The normalized spacial score (nSPS) is 11.1. The van der Waals surface area contributed by atoms with Crippen LogP contribution in [0.15, 0.2) is 53.9 Å². The SMILES string of the molecule is N#C/C(=C/c1ccccc1C(=O)O)c1nc(-c2ccc(Cl)cc2)cs1. The molecular weight excluding hydrogens is 356 g/mol. The maximum Gasteiger partial charge on any atom is 0.336 e. The van der Waals surface area contributed by atoms with Crippen molar-refractivity contribution < 1.29 is 9.90 Å². The van der Waals surface area contributed by atoms with Crippen LogP contribution in [0.3, 0.4) is 0 Å². The molecule has 0 atom stereocenters. The summed E-state index contributed by atoms with van der Waals surface area (Å²) >= 11 is 7.22. The molecule has 0 aliphatic heterocycles. The number of aromatic carboxylic acids is 1. The average Bonchev–Trinajstić information content (AvgIpc) is 3.10. The molecule has 0 aliphatic rings. The lowest BCUT2D eigenvalue weighted by atomic mass is 10.1. The fourth-order valence-corrected chi connectivity index (χ4v) is 3.19. The van der Waals surface area contributed by atoms with Gasteiger partial charge in [0, 0.05) is 16.0 Å². The van der Waals surface area contributed by atoms with Gasteiger partial charge in [0.2, 0.25) is 0 Å². The molecule has 0 spiro atoms. The molecule has 2 aromatic carbocycles. The van der Waals surface area contributed by atoms with E-state index in [1.54, 1.807) is 36.4 Å². The van der Waals surface area contributed by atoms with E-state index >= 15 is 0 Å². The maximum absolute atomic E-state index is 11.3. The summed E-state index contributed by atoms with van der Waals surface area (Å²) in [6.45, 7) is 0. The summed E-state index contributed by atoms with van der Waals surface area (Å²) in [6.07, 6.45) is 1.55. The molecule has 0 saturated heterocycles. The Hall–Kier alpha value is -2.94. The highest BCUT2D eigenvalue weighted by Gasteiger charge is 2.12. The molecular formula is C19H11ClN2O2S. The first kappa shape index (κ1) is 16.9. The third kappa shape index (κ3) is 3.77. The number of carbonyl (C=O) groups is 1. The second-order valence-corrected chi connectivity index (χ2v) is 6.40. The minimum Gasteiger partial charge on any atom is -0.478 e. The van der Waals surface area contributed by atoms with Crippen LogP contribution in [0, 0.1) is 11.3 Å². The second kappa shape index (κ2) is 7.31. The first-order valence-electron chi connectivity index (χ1n) is 7.24. The number of rotatable bonds is 4. The van der Waals surface area contributed by atoms with E-state index in [2.05, 4.69) is 11.1 Å². The van der Waals surface area contributed by atoms with Crippen LogP contribution in [0.4, 0.5) is 0 Å². The van der Waals surface area contributed by atoms with Crippen molar-refractivity contribution in [3.8, 4) is 17.3 Å². The Bertz CT molecular complexity index is 1000. The van der Waals surface area contributed by atoms with Crippen molar-refractivity contribution in [3.63, 3.8) is 0 Å². The summed E-state index contributed by atoms with van der Waals surface area (Å²) < 4.78 is 0. The number of benzene rings is 2. The summed E-state index contributed by atoms with van der Waals surface area (Å²) in [5, 5.41) is 21.8. The number of allylic oxidation sites excluding steroid dienone is 1. The van der Waals surface area contributed by atoms with Crippen LogP contribution in [-0.4, -0.2) is 16.1 Å². The molecule has 1 aromatic heterocycles. The number of halogens is 1. The minimum atomic E-state index is -1.04. The van der Waals surface area contributed by atoms with Gasteiger partial charge in [-0.2, -0.15) is 5.26 Å². The summed E-state index contributed by atoms with van der Waals surface area (Å²) in [5.74, 6) is -1.04. The van der Waals surface area contributed by atoms with E-state index in [1.807, 2.05) is 17.5 Å². The summed E-state index contributed by atoms with van der Waals surface area (Å²) in [5.41, 5.74) is 2.57. The lowest BCUT2D eigenvalue weighted by Crippen LogP contribution is -1.99. The van der Waals surface area contributed by atoms with Crippen LogP contribution in [-0.2, 0) is 0 Å². The van der Waals surface area contributed by atoms with E-state index in [0.29, 0.717) is 21.2 Å². The lowest BCUT2D eigenvalue weighted by Gasteiger charge is -2.01. The molecule has 0 aliphatic carbocycles. The van der Waals surface area contributed by atoms with Crippen molar-refractivity contribution in [2.24, 2.45) is 0 Å². The maximum atomic E-state index is 11.3. The van der Waals surface area contributed by atoms with Gasteiger partial charge in [-0.3, -0.25) is 0 Å². The Balaban J connectivity index is 1.99. The smallest absolute Gasteiger partial charge is 0.336 e. The zero-order chi connectivity index (χ0) is 17.8. The fraction of sp³-hybridized carbons (Fsp3) is 0. The zero-order valence-corrected chi connectivity index (χ0v) is 14.4. The van der Waals surface area contributed by atoms with Gasteiger partial charge in [0.1, 0.15) is 11.1 Å². The Morgan fingerprint density at radius 1 is 1.20 bits per heavy atom. The number of hydrogen-bond acceptors (Lipinski definition) is 4. The van der Waals surface area contributed by atoms with E-state index in [-0.39, 0.29) is 5.56 Å². The highest BCUT2D eigenvalue weighted by atomic mass is 35.5. The van der Waals surface area contributed by atoms with Crippen molar-refractivity contribution in [1.29, 1.82) is 5.26 Å². The van der Waals surface area contributed by atoms with E-state index < -0.39 is 5.97 Å². The molecule has 122 valence electrons. The molecule has 0 saturated carbocycles. The van der Waals surface area contributed by atoms with Crippen LogP contribution in [0.5, 0.6) is 0 Å². The summed E-state index contributed by atoms with van der Waals surface area (Å²) in [4.78, 5) is 15.8. The molecule has 1 heterocycles. The predicted octanol–water partition coefficient (Wildman–Crippen LogP) is 5.23. The van der Waals surface area contributed by atoms with Crippen LogP contribution >= 0.6 is 22.9 Å². The largest absolute Gasteiger partial charge is 0.478 e. The third-order valence-electron chi connectivity index (χ3n) is 3.49. The van der Waals surface area contributed by atoms with Crippen LogP contribution in [0.1, 0.15) is 20.9 Å². The number of nitrogens with zero attached hydrogens (tertiary/aromatic N) is 2. The molecule has 0 fully saturated rings. The molecule has 25 heavy (non-hydrogen) atoms. The minimum absolute atomic E-state index is 0.143. The van der Waals surface area contributed by atoms with Gasteiger partial charge in [-0.1, -0.05) is 41.9 Å². The molecule has 1 N–H and O–H groups in total. The van der Waals surface area contributed by atoms with E-state index in [9.17, 15) is 15.2 Å². The number of thiazole rings is 1. The topological polar surface area (TPSA) is 74.0 Å². The Morgan fingerprint density at radius 2 is 1.92 bits per heavy atom. The molecule has 3 aromatic rings. The Kier molecular flexibility index (Phi) is 4.94. The van der Waals surface area contributed by atoms with Gasteiger partial charge >= 0.3 is 5.97 Å². The molecule has 0 radical (unpaired) electrons. The van der Waals surface area contributed by atoms with Gasteiger partial charge in [0.15, 0.2) is 0 Å². The van der Waals surface area contributed by atoms with E-state index in [1.165, 1.54) is 17.4 Å². The number of carboxylic acids is 1. The summed E-state index contributed by atoms with van der Waals surface area (Å²) in [6, 6.07) is 15.9. The van der Waals surface area contributed by atoms with Crippen LogP contribution in [0.2, 0.25) is 5.02 Å². The molecule has 3 rings (SSSR count). The van der Waals surface area contributed by atoms with Gasteiger partial charge < -0.3 is 5.11 Å². The second-order valence-electron chi connectivity index (χ2n) is 5.11. The van der Waals surface area contributed by atoms with Gasteiger partial charge in [-0.25, -0.2) is 9.78 Å². The average molecular weight is 367 g/mol. The first-order chi connectivity index (χ1) is 12.1. The highest BCUT2D eigenvalue weighted by Crippen LogP contribution is 2.28. The van der Waals surface area contributed by atoms with Crippen molar-refractivity contribution in [2.75, 3.05) is 0 Å². The Morgan fingerprint density at radius 3 is 2.60 bits per heavy atom. The standard InChI is InChI=1S/C19H11ClN2O2S/c20-15-7-5-12(6-8-15)17-11-25-18(22-17)14(10-21)9-13-3-1-2-4-16(13)19(23)24/h1-9,11H,(H,23,24)/b14-9-. The zero-order valence-electron chi connectivity index (χ0n) is 12.8. The predicted molar refractivity (Wildman–Crippen MR) is 99.4 cm³/mol. The van der Waals surface area contributed by atoms with Gasteiger partial charge in [-0.05, 0) is 29.8 Å². The van der Waals surface area contributed by atoms with Crippen LogP contribution < -0.4 is 0 Å². The molecule has 4 nitrogen and oxygen atoms in total. The monoisotopic (exact) mass is 366 g/mol. The van der Waals surface area contributed by atoms with Gasteiger partial charge in [0.05, 0.1) is 16.8 Å². The highest BCUT2D eigenvalue weighted by molar-refractivity contribution is 7.11. The number of nitriles is 1. The fourth-order valence-electron chi connectivity index (χ4n) is 2.27. The lowest BCUT2D eigenvalue weighted by molar-refractivity contribution is 0.0696. The van der Waals surface area contributed by atoms with Crippen LogP contribution in [0.25, 0.3) is 22.9 Å². The quantitative estimate of drug-likeness (QED) is 0.642. The van der Waals surface area contributed by atoms with E-state index in [4.69, 9.17) is 11.6 Å². The number of aromatic nitrogens is 1. The van der Waals surface area contributed by atoms with Gasteiger partial charge in [-0.15, -0.1) is 11.3 Å². The molecule has 0 amide bonds. The molecule has 0 unspecified atom stereocenters. The third-order valence-corrected chi connectivity index (χ3v) is 4.61. The summed E-state index contributed by atoms with van der Waals surface area (Å²) in [7, 11) is 0. The van der Waals surface area contributed by atoms with Gasteiger partial charge in [0.25, 0.3) is 0 Å². The number of carboxylic acid groups (broad SMARTS) is 1. The first-order valence-corrected chi connectivity index (χ1v) is 8.50. The van der Waals surface area contributed by atoms with Crippen molar-refractivity contribution in [3.05, 3.63) is 75.1 Å². The van der Waals surface area contributed by atoms with Crippen molar-refractivity contribution in [1.82, 2.24) is 4.98 Å². The molecule has 6 heteroatoms. The van der Waals surface area contributed by atoms with Crippen molar-refractivity contribution in [2.45, 2.75) is 0 Å². The van der Waals surface area contributed by atoms with Crippen molar-refractivity contribution >= 4 is 40.6 Å².